The van der Waals surface area contributed by atoms with Crippen LogP contribution in [-0.2, 0) is 28.7 Å². The highest BCUT2D eigenvalue weighted by Gasteiger charge is 2.75. The van der Waals surface area contributed by atoms with Gasteiger partial charge in [0.25, 0.3) is 0 Å². The molecule has 3 aliphatic rings. The summed E-state index contributed by atoms with van der Waals surface area (Å²) in [5.74, 6) is -2.88. The molecule has 0 aliphatic carbocycles. The van der Waals surface area contributed by atoms with Crippen LogP contribution in [-0.4, -0.2) is 95.2 Å². The largest absolute Gasteiger partial charge is 0.460 e. The third kappa shape index (κ3) is 5.96. The van der Waals surface area contributed by atoms with E-state index in [-0.39, 0.29) is 37.4 Å². The summed E-state index contributed by atoms with van der Waals surface area (Å²) in [5, 5.41) is 12.2. The fourth-order valence-corrected chi connectivity index (χ4v) is 6.05. The molecule has 6 atom stereocenters. The van der Waals surface area contributed by atoms with Crippen molar-refractivity contribution in [3.05, 3.63) is 25.3 Å². The minimum absolute atomic E-state index is 0.125. The average Bonchev–Trinajstić information content (AvgIpc) is 3.54. The number of unbranched alkanes of at least 4 members (excludes halogenated alkanes) is 1. The molecule has 3 amide bonds. The quantitative estimate of drug-likeness (QED) is 0.228. The molecule has 3 heterocycles. The van der Waals surface area contributed by atoms with Gasteiger partial charge in [-0.05, 0) is 39.0 Å². The first-order valence-corrected chi connectivity index (χ1v) is 13.8. The van der Waals surface area contributed by atoms with Crippen molar-refractivity contribution in [3.63, 3.8) is 0 Å². The van der Waals surface area contributed by atoms with Gasteiger partial charge in [0.2, 0.25) is 17.7 Å². The molecule has 3 saturated heterocycles. The highest BCUT2D eigenvalue weighted by Crippen LogP contribution is 2.58. The Morgan fingerprint density at radius 1 is 1.32 bits per heavy atom. The third-order valence-corrected chi connectivity index (χ3v) is 7.79. The predicted octanol–water partition coefficient (Wildman–Crippen LogP) is 1.57. The molecule has 212 valence electrons. The number of hydrogen-bond acceptors (Lipinski definition) is 7. The molecule has 10 heteroatoms. The normalized spacial score (nSPS) is 28.1. The molecule has 0 aromatic carbocycles. The van der Waals surface area contributed by atoms with Gasteiger partial charge in [0.1, 0.15) is 17.7 Å². The molecule has 3 fully saturated rings. The number of hydrogen-bond donors (Lipinski definition) is 2. The number of aliphatic hydroxyl groups excluding tert-OH is 1. The minimum Gasteiger partial charge on any atom is -0.460 e. The zero-order valence-corrected chi connectivity index (χ0v) is 22.7. The summed E-state index contributed by atoms with van der Waals surface area (Å²) in [6.45, 7) is 12.2. The number of carbonyl (C=O) groups excluding carboxylic acids is 4. The Bertz CT molecular complexity index is 909. The van der Waals surface area contributed by atoms with Crippen molar-refractivity contribution < 1.29 is 33.8 Å². The Kier molecular flexibility index (Phi) is 10.5. The zero-order chi connectivity index (χ0) is 27.9. The lowest BCUT2D eigenvalue weighted by Gasteiger charge is -2.36. The topological polar surface area (TPSA) is 125 Å². The van der Waals surface area contributed by atoms with E-state index < -0.39 is 41.7 Å². The summed E-state index contributed by atoms with van der Waals surface area (Å²) >= 11 is 0. The summed E-state index contributed by atoms with van der Waals surface area (Å²) in [6, 6.07) is -0.868. The lowest BCUT2D eigenvalue weighted by molar-refractivity contribution is -0.159. The van der Waals surface area contributed by atoms with Crippen LogP contribution >= 0.6 is 0 Å². The van der Waals surface area contributed by atoms with Gasteiger partial charge < -0.3 is 29.7 Å². The van der Waals surface area contributed by atoms with Gasteiger partial charge in [-0.2, -0.15) is 0 Å². The molecule has 0 saturated carbocycles. The molecular formula is C28H43N3O7. The molecule has 3 aliphatic heterocycles. The first-order valence-electron chi connectivity index (χ1n) is 13.8. The number of aliphatic hydroxyl groups is 1. The summed E-state index contributed by atoms with van der Waals surface area (Å²) in [5.41, 5.74) is -1.11. The van der Waals surface area contributed by atoms with E-state index in [0.717, 1.165) is 12.8 Å². The minimum atomic E-state index is -1.11. The van der Waals surface area contributed by atoms with Gasteiger partial charge in [-0.15, -0.1) is 13.2 Å². The lowest BCUT2D eigenvalue weighted by atomic mass is 9.70. The number of allylic oxidation sites excluding steroid dienone is 1. The van der Waals surface area contributed by atoms with Crippen molar-refractivity contribution in [3.8, 4) is 0 Å². The summed E-state index contributed by atoms with van der Waals surface area (Å²) in [7, 11) is 0. The molecule has 2 N–H and O–H groups in total. The second-order valence-electron chi connectivity index (χ2n) is 10.5. The van der Waals surface area contributed by atoms with E-state index in [1.54, 1.807) is 24.0 Å². The first kappa shape index (κ1) is 29.8. The van der Waals surface area contributed by atoms with E-state index in [2.05, 4.69) is 18.5 Å². The van der Waals surface area contributed by atoms with E-state index in [4.69, 9.17) is 9.47 Å². The predicted molar refractivity (Wildman–Crippen MR) is 141 cm³/mol. The molecule has 0 aromatic rings. The number of nitrogens with one attached hydrogen (secondary N) is 1. The third-order valence-electron chi connectivity index (χ3n) is 7.79. The van der Waals surface area contributed by atoms with Gasteiger partial charge >= 0.3 is 5.97 Å². The van der Waals surface area contributed by atoms with E-state index >= 15 is 0 Å². The van der Waals surface area contributed by atoms with Gasteiger partial charge in [-0.3, -0.25) is 19.2 Å². The molecule has 38 heavy (non-hydrogen) atoms. The van der Waals surface area contributed by atoms with Crippen molar-refractivity contribution in [1.82, 2.24) is 15.1 Å². The van der Waals surface area contributed by atoms with Crippen LogP contribution in [0.15, 0.2) is 25.3 Å². The molecule has 1 spiro atoms. The Hall–Kier alpha value is -2.72. The van der Waals surface area contributed by atoms with Gasteiger partial charge in [0.15, 0.2) is 0 Å². The highest BCUT2D eigenvalue weighted by molar-refractivity contribution is 5.98. The fraction of sp³-hybridized carbons (Fsp3) is 0.714. The fourth-order valence-electron chi connectivity index (χ4n) is 6.05. The lowest BCUT2D eigenvalue weighted by Crippen LogP contribution is -2.56. The van der Waals surface area contributed by atoms with Gasteiger partial charge in [-0.1, -0.05) is 25.5 Å². The number of rotatable bonds is 16. The van der Waals surface area contributed by atoms with Crippen LogP contribution in [0.3, 0.4) is 0 Å². The van der Waals surface area contributed by atoms with Gasteiger partial charge in [0, 0.05) is 32.7 Å². The van der Waals surface area contributed by atoms with Crippen LogP contribution < -0.4 is 5.32 Å². The van der Waals surface area contributed by atoms with Crippen molar-refractivity contribution in [2.45, 2.75) is 82.6 Å². The van der Waals surface area contributed by atoms with Crippen LogP contribution in [0.5, 0.6) is 0 Å². The molecule has 10 nitrogen and oxygen atoms in total. The molecular weight excluding hydrogens is 490 g/mol. The molecule has 0 aromatic heterocycles. The van der Waals surface area contributed by atoms with Crippen LogP contribution in [0.4, 0.5) is 0 Å². The maximum Gasteiger partial charge on any atom is 0.312 e. The molecule has 3 rings (SSSR count). The molecule has 0 unspecified atom stereocenters. The smallest absolute Gasteiger partial charge is 0.312 e. The second-order valence-corrected chi connectivity index (χ2v) is 10.5. The Balaban J connectivity index is 1.80. The standard InChI is InChI=1S/C28H43N3O7/c1-5-8-11-21(33)29-18-19(4)37-27(36)22-20-12-13-28(38-20)23(22)25(34)31(16-10-17-32)24(28)26(35)30(14-7-3)15-9-6-2/h5,7,19-20,22-24,32H,1,3,6,8-18H2,2,4H3,(H,29,33)/t19-,20-,22+,23+,24-,28+/m1/s1. The average molecular weight is 534 g/mol. The Morgan fingerprint density at radius 3 is 2.74 bits per heavy atom. The van der Waals surface area contributed by atoms with E-state index in [9.17, 15) is 24.3 Å². The summed E-state index contributed by atoms with van der Waals surface area (Å²) in [6.07, 6.45) is 6.17. The number of esters is 1. The van der Waals surface area contributed by atoms with Crippen molar-refractivity contribution in [1.29, 1.82) is 0 Å². The Morgan fingerprint density at radius 2 is 2.08 bits per heavy atom. The number of nitrogens with zero attached hydrogens (tertiary/aromatic N) is 2. The molecule has 2 bridgehead atoms. The summed E-state index contributed by atoms with van der Waals surface area (Å²) < 4.78 is 12.1. The Labute approximate surface area is 225 Å². The number of amides is 3. The maximum absolute atomic E-state index is 13.9. The van der Waals surface area contributed by atoms with Crippen molar-refractivity contribution >= 4 is 23.7 Å². The van der Waals surface area contributed by atoms with Crippen LogP contribution in [0, 0.1) is 11.8 Å². The van der Waals surface area contributed by atoms with Gasteiger partial charge in [0.05, 0.1) is 24.5 Å². The second kappa shape index (κ2) is 13.4. The number of likely N-dealkylation sites (tertiary alicyclic amines) is 1. The van der Waals surface area contributed by atoms with Crippen LogP contribution in [0.25, 0.3) is 0 Å². The SMILES string of the molecule is C=CCCC(=O)NC[C@@H](C)OC(=O)[C@@H]1[C@H]2C(=O)N(CCCO)[C@H](C(=O)N(CC=C)CCCC)[C@]23CC[C@H]1O3. The van der Waals surface area contributed by atoms with Crippen molar-refractivity contribution in [2.24, 2.45) is 11.8 Å². The molecule has 0 radical (unpaired) electrons. The monoisotopic (exact) mass is 533 g/mol. The number of carbonyl (C=O) groups is 4. The summed E-state index contributed by atoms with van der Waals surface area (Å²) in [4.78, 5) is 56.2. The number of fused-ring (bicyclic) bond motifs is 1. The van der Waals surface area contributed by atoms with Crippen LogP contribution in [0.2, 0.25) is 0 Å². The van der Waals surface area contributed by atoms with Crippen LogP contribution in [0.1, 0.15) is 58.8 Å². The zero-order valence-electron chi connectivity index (χ0n) is 22.7. The van der Waals surface area contributed by atoms with Crippen molar-refractivity contribution in [2.75, 3.05) is 32.8 Å². The van der Waals surface area contributed by atoms with E-state index in [1.165, 1.54) is 4.90 Å². The highest BCUT2D eigenvalue weighted by atomic mass is 16.6. The first-order chi connectivity index (χ1) is 18.2. The van der Waals surface area contributed by atoms with Gasteiger partial charge in [-0.25, -0.2) is 0 Å². The maximum atomic E-state index is 13.9. The van der Waals surface area contributed by atoms with E-state index in [1.807, 2.05) is 6.92 Å². The number of ether oxygens (including phenoxy) is 2. The van der Waals surface area contributed by atoms with E-state index in [0.29, 0.717) is 45.2 Å².